The first-order valence-electron chi connectivity index (χ1n) is 7.78. The molecule has 124 valence electrons. The molecule has 1 aromatic carbocycles. The number of hydrogen-bond donors (Lipinski definition) is 1. The monoisotopic (exact) mass is 361 g/mol. The fraction of sp³-hybridized carbons (Fsp3) is 0.294. The molecule has 2 aromatic heterocycles. The van der Waals surface area contributed by atoms with Gasteiger partial charge in [0.1, 0.15) is 10.7 Å². The van der Waals surface area contributed by atoms with E-state index < -0.39 is 0 Å². The van der Waals surface area contributed by atoms with E-state index in [1.807, 2.05) is 29.6 Å². The van der Waals surface area contributed by atoms with Crippen LogP contribution >= 0.6 is 22.9 Å². The molecule has 4 rings (SSSR count). The second-order valence-corrected chi connectivity index (χ2v) is 6.98. The molecule has 24 heavy (non-hydrogen) atoms. The number of hydrogen-bond acceptors (Lipinski definition) is 5. The van der Waals surface area contributed by atoms with Crippen molar-refractivity contribution in [3.63, 3.8) is 0 Å². The number of halogens is 1. The molecule has 0 saturated carbocycles. The SMILES string of the molecule is O=c1[nH]c(CN2CCOCC2)nc2scc(-c3ccccc3Cl)c12. The zero-order valence-corrected chi connectivity index (χ0v) is 14.5. The van der Waals surface area contributed by atoms with Crippen molar-refractivity contribution >= 4 is 33.2 Å². The standard InChI is InChI=1S/C17H16ClN3O2S/c18-13-4-2-1-3-11(13)12-10-24-17-15(12)16(22)19-14(20-17)9-21-5-7-23-8-6-21/h1-4,10H,5-9H2,(H,19,20,22). The van der Waals surface area contributed by atoms with Crippen LogP contribution in [0.5, 0.6) is 0 Å². The molecule has 1 fully saturated rings. The lowest BCUT2D eigenvalue weighted by Gasteiger charge is -2.25. The zero-order chi connectivity index (χ0) is 16.5. The first-order chi connectivity index (χ1) is 11.7. The van der Waals surface area contributed by atoms with Crippen molar-refractivity contribution in [3.8, 4) is 11.1 Å². The summed E-state index contributed by atoms with van der Waals surface area (Å²) in [5, 5.41) is 3.19. The van der Waals surface area contributed by atoms with E-state index in [2.05, 4.69) is 14.9 Å². The molecule has 0 radical (unpaired) electrons. The molecule has 0 unspecified atom stereocenters. The summed E-state index contributed by atoms with van der Waals surface area (Å²) in [6.45, 7) is 3.80. The Morgan fingerprint density at radius 1 is 1.25 bits per heavy atom. The minimum absolute atomic E-state index is 0.112. The van der Waals surface area contributed by atoms with Crippen molar-refractivity contribution in [1.82, 2.24) is 14.9 Å². The van der Waals surface area contributed by atoms with Gasteiger partial charge in [0.2, 0.25) is 0 Å². The molecule has 0 bridgehead atoms. The van der Waals surface area contributed by atoms with Gasteiger partial charge in [-0.2, -0.15) is 0 Å². The van der Waals surface area contributed by atoms with Gasteiger partial charge < -0.3 is 9.72 Å². The van der Waals surface area contributed by atoms with Gasteiger partial charge in [0.05, 0.1) is 25.1 Å². The Morgan fingerprint density at radius 3 is 2.83 bits per heavy atom. The van der Waals surface area contributed by atoms with E-state index in [0.717, 1.165) is 42.3 Å². The van der Waals surface area contributed by atoms with E-state index in [9.17, 15) is 4.79 Å². The molecular weight excluding hydrogens is 346 g/mol. The number of rotatable bonds is 3. The average Bonchev–Trinajstić information content (AvgIpc) is 3.00. The molecule has 0 aliphatic carbocycles. The number of benzene rings is 1. The van der Waals surface area contributed by atoms with E-state index in [4.69, 9.17) is 16.3 Å². The average molecular weight is 362 g/mol. The van der Waals surface area contributed by atoms with Gasteiger partial charge in [-0.25, -0.2) is 4.98 Å². The smallest absolute Gasteiger partial charge is 0.260 e. The highest BCUT2D eigenvalue weighted by Crippen LogP contribution is 2.34. The highest BCUT2D eigenvalue weighted by molar-refractivity contribution is 7.17. The van der Waals surface area contributed by atoms with Crippen LogP contribution in [0, 0.1) is 0 Å². The fourth-order valence-electron chi connectivity index (χ4n) is 2.92. The van der Waals surface area contributed by atoms with E-state index in [1.54, 1.807) is 0 Å². The summed E-state index contributed by atoms with van der Waals surface area (Å²) >= 11 is 7.76. The van der Waals surface area contributed by atoms with Crippen molar-refractivity contribution in [3.05, 3.63) is 50.8 Å². The number of nitrogens with zero attached hydrogens (tertiary/aromatic N) is 2. The third-order valence-electron chi connectivity index (χ3n) is 4.13. The number of ether oxygens (including phenoxy) is 1. The van der Waals surface area contributed by atoms with Gasteiger partial charge in [0, 0.05) is 34.6 Å². The van der Waals surface area contributed by atoms with Crippen LogP contribution in [-0.4, -0.2) is 41.2 Å². The van der Waals surface area contributed by atoms with Crippen LogP contribution < -0.4 is 5.56 Å². The summed E-state index contributed by atoms with van der Waals surface area (Å²) < 4.78 is 5.35. The molecule has 7 heteroatoms. The van der Waals surface area contributed by atoms with Crippen molar-refractivity contribution in [2.45, 2.75) is 6.54 Å². The number of aromatic amines is 1. The van der Waals surface area contributed by atoms with Gasteiger partial charge in [-0.15, -0.1) is 11.3 Å². The quantitative estimate of drug-likeness (QED) is 0.778. The Labute approximate surface area is 147 Å². The number of fused-ring (bicyclic) bond motifs is 1. The topological polar surface area (TPSA) is 58.2 Å². The van der Waals surface area contributed by atoms with Gasteiger partial charge in [0.15, 0.2) is 0 Å². The van der Waals surface area contributed by atoms with Crippen LogP contribution in [0.3, 0.4) is 0 Å². The molecule has 1 aliphatic heterocycles. The Kier molecular flexibility index (Phi) is 4.37. The molecule has 1 aliphatic rings. The largest absolute Gasteiger partial charge is 0.379 e. The summed E-state index contributed by atoms with van der Waals surface area (Å²) in [4.78, 5) is 23.2. The molecule has 0 spiro atoms. The second-order valence-electron chi connectivity index (χ2n) is 5.71. The maximum absolute atomic E-state index is 12.6. The highest BCUT2D eigenvalue weighted by Gasteiger charge is 2.17. The zero-order valence-electron chi connectivity index (χ0n) is 12.9. The highest BCUT2D eigenvalue weighted by atomic mass is 35.5. The molecule has 0 amide bonds. The maximum atomic E-state index is 12.6. The lowest BCUT2D eigenvalue weighted by Crippen LogP contribution is -2.36. The van der Waals surface area contributed by atoms with E-state index in [1.165, 1.54) is 11.3 Å². The summed E-state index contributed by atoms with van der Waals surface area (Å²) in [6.07, 6.45) is 0. The molecular formula is C17H16ClN3O2S. The molecule has 1 saturated heterocycles. The van der Waals surface area contributed by atoms with Crippen LogP contribution in [-0.2, 0) is 11.3 Å². The second kappa shape index (κ2) is 6.64. The minimum Gasteiger partial charge on any atom is -0.379 e. The van der Waals surface area contributed by atoms with Crippen LogP contribution in [0.25, 0.3) is 21.3 Å². The lowest BCUT2D eigenvalue weighted by atomic mass is 10.1. The van der Waals surface area contributed by atoms with E-state index in [0.29, 0.717) is 22.8 Å². The van der Waals surface area contributed by atoms with Crippen molar-refractivity contribution < 1.29 is 4.74 Å². The van der Waals surface area contributed by atoms with E-state index in [-0.39, 0.29) is 5.56 Å². The predicted molar refractivity (Wildman–Crippen MR) is 96.8 cm³/mol. The first kappa shape index (κ1) is 15.8. The Balaban J connectivity index is 1.73. The van der Waals surface area contributed by atoms with Crippen molar-refractivity contribution in [2.75, 3.05) is 26.3 Å². The fourth-order valence-corrected chi connectivity index (χ4v) is 4.11. The number of aromatic nitrogens is 2. The van der Waals surface area contributed by atoms with Crippen LogP contribution in [0.4, 0.5) is 0 Å². The normalized spacial score (nSPS) is 15.9. The number of H-pyrrole nitrogens is 1. The Bertz CT molecular complexity index is 931. The molecule has 3 aromatic rings. The molecule has 3 heterocycles. The van der Waals surface area contributed by atoms with Crippen LogP contribution in [0.2, 0.25) is 5.02 Å². The van der Waals surface area contributed by atoms with Gasteiger partial charge in [0.25, 0.3) is 5.56 Å². The Hall–Kier alpha value is -1.73. The van der Waals surface area contributed by atoms with Gasteiger partial charge in [-0.05, 0) is 6.07 Å². The summed E-state index contributed by atoms with van der Waals surface area (Å²) in [5.74, 6) is 0.696. The minimum atomic E-state index is -0.112. The van der Waals surface area contributed by atoms with Crippen LogP contribution in [0.15, 0.2) is 34.4 Å². The van der Waals surface area contributed by atoms with Gasteiger partial charge in [-0.3, -0.25) is 9.69 Å². The van der Waals surface area contributed by atoms with Gasteiger partial charge in [-0.1, -0.05) is 29.8 Å². The third kappa shape index (κ3) is 2.98. The molecule has 1 N–H and O–H groups in total. The Morgan fingerprint density at radius 2 is 2.04 bits per heavy atom. The number of thiophene rings is 1. The summed E-state index contributed by atoms with van der Waals surface area (Å²) in [7, 11) is 0. The molecule has 0 atom stereocenters. The first-order valence-corrected chi connectivity index (χ1v) is 9.03. The van der Waals surface area contributed by atoms with E-state index >= 15 is 0 Å². The number of nitrogens with one attached hydrogen (secondary N) is 1. The van der Waals surface area contributed by atoms with Crippen LogP contribution in [0.1, 0.15) is 5.82 Å². The number of morpholine rings is 1. The summed E-state index contributed by atoms with van der Waals surface area (Å²) in [6, 6.07) is 7.54. The van der Waals surface area contributed by atoms with Crippen molar-refractivity contribution in [1.29, 1.82) is 0 Å². The third-order valence-corrected chi connectivity index (χ3v) is 5.34. The van der Waals surface area contributed by atoms with Crippen molar-refractivity contribution in [2.24, 2.45) is 0 Å². The lowest BCUT2D eigenvalue weighted by molar-refractivity contribution is 0.0331. The molecule has 5 nitrogen and oxygen atoms in total. The van der Waals surface area contributed by atoms with Gasteiger partial charge >= 0.3 is 0 Å². The predicted octanol–water partition coefficient (Wildman–Crippen LogP) is 3.14. The summed E-state index contributed by atoms with van der Waals surface area (Å²) in [5.41, 5.74) is 1.59. The maximum Gasteiger partial charge on any atom is 0.260 e.